The average Bonchev–Trinajstić information content (AvgIpc) is 2.55. The Balaban J connectivity index is 2.42. The Kier molecular flexibility index (Phi) is 5.02. The first-order valence-electron chi connectivity index (χ1n) is 7.53. The number of ketones is 2. The van der Waals surface area contributed by atoms with Gasteiger partial charge in [0.25, 0.3) is 0 Å². The molecule has 2 rings (SSSR count). The van der Waals surface area contributed by atoms with Gasteiger partial charge in [0.2, 0.25) is 5.78 Å². The van der Waals surface area contributed by atoms with Crippen molar-refractivity contribution in [3.8, 4) is 11.5 Å². The highest BCUT2D eigenvalue weighted by molar-refractivity contribution is 6.10. The van der Waals surface area contributed by atoms with E-state index in [2.05, 4.69) is 0 Å². The molecule has 6 nitrogen and oxygen atoms in total. The van der Waals surface area contributed by atoms with E-state index >= 15 is 0 Å². The van der Waals surface area contributed by atoms with Crippen LogP contribution in [0.15, 0.2) is 48.5 Å². The minimum Gasteiger partial charge on any atom is -0.507 e. The highest BCUT2D eigenvalue weighted by Crippen LogP contribution is 2.29. The van der Waals surface area contributed by atoms with E-state index in [4.69, 9.17) is 11.5 Å². The molecule has 1 unspecified atom stereocenters. The van der Waals surface area contributed by atoms with Crippen LogP contribution >= 0.6 is 0 Å². The van der Waals surface area contributed by atoms with Gasteiger partial charge >= 0.3 is 0 Å². The molecule has 126 valence electrons. The monoisotopic (exact) mass is 328 g/mol. The van der Waals surface area contributed by atoms with E-state index in [0.29, 0.717) is 0 Å². The van der Waals surface area contributed by atoms with Gasteiger partial charge < -0.3 is 21.7 Å². The molecule has 0 fully saturated rings. The summed E-state index contributed by atoms with van der Waals surface area (Å²) >= 11 is 0. The SMILES string of the molecule is CCC(C(=O)c1ccccc1O)C(N)(N)C(=O)c1ccccc1O. The number of carbonyl (C=O) groups excluding carboxylic acids is 2. The smallest absolute Gasteiger partial charge is 0.201 e. The minimum absolute atomic E-state index is 0.0500. The van der Waals surface area contributed by atoms with Gasteiger partial charge in [0, 0.05) is 0 Å². The fourth-order valence-corrected chi connectivity index (χ4v) is 2.67. The van der Waals surface area contributed by atoms with Crippen molar-refractivity contribution in [2.24, 2.45) is 17.4 Å². The van der Waals surface area contributed by atoms with Gasteiger partial charge in [0.1, 0.15) is 17.2 Å². The summed E-state index contributed by atoms with van der Waals surface area (Å²) in [6.07, 6.45) is 0.194. The van der Waals surface area contributed by atoms with Crippen molar-refractivity contribution >= 4 is 11.6 Å². The largest absolute Gasteiger partial charge is 0.507 e. The molecule has 0 aliphatic carbocycles. The van der Waals surface area contributed by atoms with Crippen LogP contribution in [-0.4, -0.2) is 27.4 Å². The van der Waals surface area contributed by atoms with Crippen LogP contribution in [-0.2, 0) is 0 Å². The lowest BCUT2D eigenvalue weighted by Crippen LogP contribution is -2.63. The number of phenolic OH excluding ortho intramolecular Hbond substituents is 2. The zero-order chi connectivity index (χ0) is 17.9. The van der Waals surface area contributed by atoms with E-state index in [1.165, 1.54) is 24.3 Å². The number of phenols is 2. The van der Waals surface area contributed by atoms with Gasteiger partial charge in [0.05, 0.1) is 17.0 Å². The van der Waals surface area contributed by atoms with E-state index < -0.39 is 23.1 Å². The third kappa shape index (κ3) is 3.15. The van der Waals surface area contributed by atoms with E-state index in [1.807, 2.05) is 0 Å². The van der Waals surface area contributed by atoms with Crippen LogP contribution in [0, 0.1) is 5.92 Å². The van der Waals surface area contributed by atoms with Crippen molar-refractivity contribution in [2.45, 2.75) is 19.0 Å². The van der Waals surface area contributed by atoms with Gasteiger partial charge in [-0.2, -0.15) is 0 Å². The predicted molar refractivity (Wildman–Crippen MR) is 89.8 cm³/mol. The minimum atomic E-state index is -2.02. The number of hydrogen-bond donors (Lipinski definition) is 4. The number of nitrogens with two attached hydrogens (primary N) is 2. The molecule has 0 bridgehead atoms. The van der Waals surface area contributed by atoms with Crippen LogP contribution in [0.2, 0.25) is 0 Å². The molecule has 0 saturated heterocycles. The van der Waals surface area contributed by atoms with Crippen LogP contribution < -0.4 is 11.5 Å². The molecule has 2 aromatic rings. The molecule has 0 radical (unpaired) electrons. The summed E-state index contributed by atoms with van der Waals surface area (Å²) in [5.74, 6) is -2.78. The topological polar surface area (TPSA) is 127 Å². The van der Waals surface area contributed by atoms with Gasteiger partial charge in [-0.1, -0.05) is 31.2 Å². The lowest BCUT2D eigenvalue weighted by atomic mass is 9.80. The number of hydrogen-bond acceptors (Lipinski definition) is 6. The fraction of sp³-hybridized carbons (Fsp3) is 0.222. The number of aromatic hydroxyl groups is 2. The maximum absolute atomic E-state index is 12.7. The molecular formula is C18H20N2O4. The van der Waals surface area contributed by atoms with Gasteiger partial charge in [-0.15, -0.1) is 0 Å². The summed E-state index contributed by atoms with van der Waals surface area (Å²) < 4.78 is 0. The van der Waals surface area contributed by atoms with Crippen LogP contribution in [0.1, 0.15) is 34.1 Å². The molecule has 0 amide bonds. The molecule has 6 heteroatoms. The molecule has 1 atom stereocenters. The van der Waals surface area contributed by atoms with Gasteiger partial charge in [-0.25, -0.2) is 0 Å². The van der Waals surface area contributed by atoms with Crippen LogP contribution in [0.4, 0.5) is 0 Å². The van der Waals surface area contributed by atoms with E-state index in [0.717, 1.165) is 0 Å². The maximum atomic E-state index is 12.7. The van der Waals surface area contributed by atoms with Crippen LogP contribution in [0.5, 0.6) is 11.5 Å². The second-order valence-corrected chi connectivity index (χ2v) is 5.62. The molecule has 24 heavy (non-hydrogen) atoms. The number of para-hydroxylation sites is 2. The third-order valence-corrected chi connectivity index (χ3v) is 4.01. The van der Waals surface area contributed by atoms with Crippen LogP contribution in [0.3, 0.4) is 0 Å². The highest BCUT2D eigenvalue weighted by Gasteiger charge is 2.43. The first kappa shape index (κ1) is 17.7. The van der Waals surface area contributed by atoms with E-state index in [9.17, 15) is 19.8 Å². The predicted octanol–water partition coefficient (Wildman–Crippen LogP) is 1.80. The lowest BCUT2D eigenvalue weighted by Gasteiger charge is -2.31. The molecule has 0 aliphatic rings. The van der Waals surface area contributed by atoms with Crippen molar-refractivity contribution < 1.29 is 19.8 Å². The number of benzene rings is 2. The maximum Gasteiger partial charge on any atom is 0.201 e. The molecule has 0 saturated carbocycles. The number of rotatable bonds is 6. The van der Waals surface area contributed by atoms with Gasteiger partial charge in [0.15, 0.2) is 5.78 Å². The summed E-state index contributed by atoms with van der Waals surface area (Å²) in [6.45, 7) is 1.68. The Hall–Kier alpha value is -2.70. The van der Waals surface area contributed by atoms with Crippen molar-refractivity contribution in [1.29, 1.82) is 0 Å². The molecule has 6 N–H and O–H groups in total. The normalized spacial score (nSPS) is 12.6. The Bertz CT molecular complexity index is 771. The second kappa shape index (κ2) is 6.82. The molecule has 0 heterocycles. The Morgan fingerprint density at radius 1 is 0.958 bits per heavy atom. The average molecular weight is 328 g/mol. The number of Topliss-reactive ketones (excluding diaryl/α,β-unsaturated/α-hetero) is 2. The standard InChI is InChI=1S/C18H20N2O4/c1-2-13(16(23)11-7-3-5-9-14(11)21)18(19,20)17(24)12-8-4-6-10-15(12)22/h3-10,13,21-22H,2,19-20H2,1H3. The Morgan fingerprint density at radius 3 is 1.88 bits per heavy atom. The lowest BCUT2D eigenvalue weighted by molar-refractivity contribution is 0.0718. The van der Waals surface area contributed by atoms with Crippen molar-refractivity contribution in [3.63, 3.8) is 0 Å². The van der Waals surface area contributed by atoms with Gasteiger partial charge in [-0.3, -0.25) is 9.59 Å². The van der Waals surface area contributed by atoms with Crippen LogP contribution in [0.25, 0.3) is 0 Å². The van der Waals surface area contributed by atoms with Crippen molar-refractivity contribution in [3.05, 3.63) is 59.7 Å². The Labute approximate surface area is 139 Å². The Morgan fingerprint density at radius 2 is 1.42 bits per heavy atom. The highest BCUT2D eigenvalue weighted by atomic mass is 16.3. The summed E-state index contributed by atoms with van der Waals surface area (Å²) in [4.78, 5) is 25.4. The summed E-state index contributed by atoms with van der Waals surface area (Å²) in [6, 6.07) is 11.9. The van der Waals surface area contributed by atoms with Crippen molar-refractivity contribution in [1.82, 2.24) is 0 Å². The number of carbonyl (C=O) groups is 2. The second-order valence-electron chi connectivity index (χ2n) is 5.62. The molecule has 0 spiro atoms. The zero-order valence-corrected chi connectivity index (χ0v) is 13.3. The first-order valence-corrected chi connectivity index (χ1v) is 7.53. The van der Waals surface area contributed by atoms with Crippen molar-refractivity contribution in [2.75, 3.05) is 0 Å². The van der Waals surface area contributed by atoms with E-state index in [-0.39, 0.29) is 29.0 Å². The van der Waals surface area contributed by atoms with E-state index in [1.54, 1.807) is 31.2 Å². The fourth-order valence-electron chi connectivity index (χ4n) is 2.67. The summed E-state index contributed by atoms with van der Waals surface area (Å²) in [5.41, 5.74) is 10.0. The summed E-state index contributed by atoms with van der Waals surface area (Å²) in [7, 11) is 0. The van der Waals surface area contributed by atoms with Gasteiger partial charge in [-0.05, 0) is 30.7 Å². The molecule has 0 aromatic heterocycles. The summed E-state index contributed by atoms with van der Waals surface area (Å²) in [5, 5.41) is 19.7. The zero-order valence-electron chi connectivity index (χ0n) is 13.3. The first-order chi connectivity index (χ1) is 11.3. The molecule has 0 aliphatic heterocycles. The molecule has 2 aromatic carbocycles. The molecular weight excluding hydrogens is 308 g/mol. The third-order valence-electron chi connectivity index (χ3n) is 4.01. The quantitative estimate of drug-likeness (QED) is 0.473.